The number of aryl methyl sites for hydroxylation is 1. The van der Waals surface area contributed by atoms with E-state index in [1.54, 1.807) is 0 Å². The number of benzene rings is 1. The molecule has 0 spiro atoms. The number of alkyl halides is 9. The van der Waals surface area contributed by atoms with E-state index in [4.69, 9.17) is 38.9 Å². The molecule has 0 unspecified atom stereocenters. The molecule has 0 aliphatic heterocycles. The first-order valence-corrected chi connectivity index (χ1v) is 12.4. The minimum absolute atomic E-state index is 0. The van der Waals surface area contributed by atoms with Gasteiger partial charge >= 0.3 is 36.6 Å². The second-order valence-electron chi connectivity index (χ2n) is 5.79. The third-order valence-corrected chi connectivity index (χ3v) is 4.53. The maximum absolute atomic E-state index is 10.7. The van der Waals surface area contributed by atoms with Crippen molar-refractivity contribution in [2.45, 2.75) is 23.4 Å². The minimum Gasteiger partial charge on any atom is -0.741 e. The van der Waals surface area contributed by atoms with Crippen molar-refractivity contribution in [2.75, 3.05) is 0 Å². The molecule has 2 rings (SSSR count). The van der Waals surface area contributed by atoms with Gasteiger partial charge in [0.1, 0.15) is 0 Å². The zero-order chi connectivity index (χ0) is 30.1. The van der Waals surface area contributed by atoms with Gasteiger partial charge in [-0.3, -0.25) is 4.98 Å². The van der Waals surface area contributed by atoms with E-state index in [0.717, 1.165) is 5.69 Å². The van der Waals surface area contributed by atoms with E-state index in [1.165, 1.54) is 11.1 Å². The van der Waals surface area contributed by atoms with Crippen LogP contribution >= 0.6 is 0 Å². The van der Waals surface area contributed by atoms with E-state index in [9.17, 15) is 39.5 Å². The van der Waals surface area contributed by atoms with Crippen LogP contribution in [-0.2, 0) is 50.5 Å². The first-order chi connectivity index (χ1) is 16.1. The molecule has 0 saturated carbocycles. The molecule has 1 aromatic heterocycles. The molecule has 0 aliphatic rings. The van der Waals surface area contributed by atoms with Gasteiger partial charge in [-0.1, -0.05) is 36.4 Å². The summed E-state index contributed by atoms with van der Waals surface area (Å²) in [5, 5.41) is 0. The molecule has 1 aromatic carbocycles. The standard InChI is InChI=1S/C12H11N.3CHF3O3S.Ir/c1-10-7-8-12(13-9-10)11-5-3-2-4-6-11;3*2-1(3,4)8(5,6)7;/h2-9H,1H3;3*(H,5,6,7);/q;;;;+3/p-3. The van der Waals surface area contributed by atoms with Crippen molar-refractivity contribution in [3.63, 3.8) is 0 Å². The van der Waals surface area contributed by atoms with Crippen LogP contribution in [0.2, 0.25) is 0 Å². The van der Waals surface area contributed by atoms with Crippen LogP contribution in [-0.4, -0.2) is 60.4 Å². The number of hydrogen-bond acceptors (Lipinski definition) is 10. The van der Waals surface area contributed by atoms with Crippen LogP contribution in [0.1, 0.15) is 5.56 Å². The molecular formula is C15H11F9IrNO9S3. The topological polar surface area (TPSA) is 184 Å². The molecule has 0 fully saturated rings. The predicted molar refractivity (Wildman–Crippen MR) is 102 cm³/mol. The predicted octanol–water partition coefficient (Wildman–Crippen LogP) is 3.21. The molecule has 0 radical (unpaired) electrons. The van der Waals surface area contributed by atoms with Crippen LogP contribution in [0.15, 0.2) is 48.7 Å². The van der Waals surface area contributed by atoms with E-state index in [0.29, 0.717) is 0 Å². The van der Waals surface area contributed by atoms with Crippen molar-refractivity contribution in [1.29, 1.82) is 0 Å². The van der Waals surface area contributed by atoms with Crippen LogP contribution in [0.3, 0.4) is 0 Å². The quantitative estimate of drug-likeness (QED) is 0.236. The summed E-state index contributed by atoms with van der Waals surface area (Å²) in [6, 6.07) is 14.3. The summed E-state index contributed by atoms with van der Waals surface area (Å²) in [6.07, 6.45) is 1.89. The minimum atomic E-state index is -6.09. The number of halogens is 9. The van der Waals surface area contributed by atoms with Crippen molar-refractivity contribution in [1.82, 2.24) is 4.98 Å². The second kappa shape index (κ2) is 15.1. The van der Waals surface area contributed by atoms with E-state index >= 15 is 0 Å². The van der Waals surface area contributed by atoms with Crippen molar-refractivity contribution in [3.8, 4) is 11.3 Å². The van der Waals surface area contributed by atoms with Crippen LogP contribution in [0, 0.1) is 6.92 Å². The van der Waals surface area contributed by atoms with E-state index in [-0.39, 0.29) is 20.1 Å². The summed E-state index contributed by atoms with van der Waals surface area (Å²) in [7, 11) is -18.3. The van der Waals surface area contributed by atoms with E-state index < -0.39 is 46.9 Å². The SMILES string of the molecule is Cc1ccc(-c2ccccc2)nc1.O=S(=O)([O-])C(F)(F)F.O=S(=O)([O-])C(F)(F)F.O=S(=O)([O-])C(F)(F)F.[Ir+3]. The second-order valence-corrected chi connectivity index (χ2v) is 9.90. The van der Waals surface area contributed by atoms with Crippen LogP contribution in [0.4, 0.5) is 39.5 Å². The number of nitrogens with zero attached hydrogens (tertiary/aromatic N) is 1. The Morgan fingerprint density at radius 1 is 0.605 bits per heavy atom. The van der Waals surface area contributed by atoms with Crippen LogP contribution < -0.4 is 0 Å². The van der Waals surface area contributed by atoms with Crippen LogP contribution in [0.5, 0.6) is 0 Å². The summed E-state index contributed by atoms with van der Waals surface area (Å²) in [6.45, 7) is 2.04. The Kier molecular flexibility index (Phi) is 16.1. The van der Waals surface area contributed by atoms with Crippen molar-refractivity contribution < 1.29 is 98.5 Å². The fraction of sp³-hybridized carbons (Fsp3) is 0.267. The Labute approximate surface area is 222 Å². The smallest absolute Gasteiger partial charge is 0.741 e. The third-order valence-electron chi connectivity index (χ3n) is 2.83. The molecule has 0 N–H and O–H groups in total. The van der Waals surface area contributed by atoms with Gasteiger partial charge in [0.15, 0.2) is 30.4 Å². The van der Waals surface area contributed by atoms with Crippen molar-refractivity contribution in [2.24, 2.45) is 0 Å². The normalized spacial score (nSPS) is 12.2. The largest absolute Gasteiger partial charge is 3.00 e. The van der Waals surface area contributed by atoms with Crippen molar-refractivity contribution >= 4 is 30.4 Å². The van der Waals surface area contributed by atoms with Gasteiger partial charge in [0, 0.05) is 11.8 Å². The fourth-order valence-electron chi connectivity index (χ4n) is 1.25. The van der Waals surface area contributed by atoms with Crippen LogP contribution in [0.25, 0.3) is 11.3 Å². The zero-order valence-corrected chi connectivity index (χ0v) is 22.5. The zero-order valence-electron chi connectivity index (χ0n) is 17.7. The maximum atomic E-state index is 10.7. The van der Waals surface area contributed by atoms with Gasteiger partial charge in [-0.05, 0) is 18.6 Å². The monoisotopic (exact) mass is 809 g/mol. The summed E-state index contributed by atoms with van der Waals surface area (Å²) < 4.78 is 177. The first kappa shape index (κ1) is 40.6. The third kappa shape index (κ3) is 16.9. The van der Waals surface area contributed by atoms with Gasteiger partial charge in [-0.25, -0.2) is 25.3 Å². The number of hydrogen-bond donors (Lipinski definition) is 0. The van der Waals surface area contributed by atoms with Gasteiger partial charge in [0.2, 0.25) is 0 Å². The molecule has 0 atom stereocenters. The summed E-state index contributed by atoms with van der Waals surface area (Å²) >= 11 is 0. The Balaban J connectivity index is -0.000000441. The molecule has 23 heteroatoms. The molecule has 0 amide bonds. The molecule has 10 nitrogen and oxygen atoms in total. The fourth-order valence-corrected chi connectivity index (χ4v) is 1.25. The average Bonchev–Trinajstić information content (AvgIpc) is 2.66. The Hall–Kier alpha value is -1.88. The van der Waals surface area contributed by atoms with Gasteiger partial charge in [0.05, 0.1) is 5.69 Å². The summed E-state index contributed by atoms with van der Waals surface area (Å²) in [4.78, 5) is 4.35. The number of pyridine rings is 1. The maximum Gasteiger partial charge on any atom is 3.00 e. The molecule has 1 heterocycles. The molecule has 0 aliphatic carbocycles. The molecular weight excluding hydrogens is 798 g/mol. The molecule has 0 bridgehead atoms. The molecule has 38 heavy (non-hydrogen) atoms. The Morgan fingerprint density at radius 2 is 0.895 bits per heavy atom. The van der Waals surface area contributed by atoms with Gasteiger partial charge in [-0.2, -0.15) is 39.5 Å². The number of aromatic nitrogens is 1. The molecule has 2 aromatic rings. The van der Waals surface area contributed by atoms with E-state index in [1.807, 2.05) is 37.4 Å². The van der Waals surface area contributed by atoms with E-state index in [2.05, 4.69) is 23.2 Å². The summed E-state index contributed by atoms with van der Waals surface area (Å²) in [5.41, 5.74) is -13.5. The average molecular weight is 809 g/mol. The molecule has 220 valence electrons. The van der Waals surface area contributed by atoms with Crippen molar-refractivity contribution in [3.05, 3.63) is 54.2 Å². The Morgan fingerprint density at radius 3 is 1.11 bits per heavy atom. The van der Waals surface area contributed by atoms with Gasteiger partial charge < -0.3 is 13.7 Å². The Bertz CT molecular complexity index is 1200. The van der Waals surface area contributed by atoms with Gasteiger partial charge in [-0.15, -0.1) is 0 Å². The summed E-state index contributed by atoms with van der Waals surface area (Å²) in [5.74, 6) is 0. The first-order valence-electron chi connectivity index (χ1n) is 8.16. The molecule has 0 saturated heterocycles. The van der Waals surface area contributed by atoms with Gasteiger partial charge in [0.25, 0.3) is 0 Å². The number of rotatable bonds is 1.